The van der Waals surface area contributed by atoms with E-state index in [4.69, 9.17) is 10.5 Å². The van der Waals surface area contributed by atoms with Crippen molar-refractivity contribution in [3.63, 3.8) is 0 Å². The molecule has 28 nitrogen and oxygen atoms in total. The van der Waals surface area contributed by atoms with Gasteiger partial charge in [-0.2, -0.15) is 0 Å². The number of hydrogen-bond donors (Lipinski definition) is 14. The number of nitrogens with one attached hydrogen (secondary N) is 8. The molecule has 1 aromatic heterocycles. The molecule has 8 amide bonds. The summed E-state index contributed by atoms with van der Waals surface area (Å²) in [5.74, 6) is -8.88. The molecule has 1 aliphatic rings. The fourth-order valence-corrected chi connectivity index (χ4v) is 11.5. The minimum Gasteiger partial charge on any atom is -0.508 e. The Kier molecular flexibility index (Phi) is 28.7. The van der Waals surface area contributed by atoms with Gasteiger partial charge in [0.25, 0.3) is 0 Å². The Labute approximate surface area is 538 Å². The van der Waals surface area contributed by atoms with E-state index in [-0.39, 0.29) is 50.3 Å². The lowest BCUT2D eigenvalue weighted by Gasteiger charge is -2.28. The number of phenols is 1. The number of aliphatic hydroxyl groups is 2. The van der Waals surface area contributed by atoms with Crippen LogP contribution in [-0.2, 0) is 67.3 Å². The predicted octanol–water partition coefficient (Wildman–Crippen LogP) is 1.29. The number of aromatic hydroxyl groups is 1. The monoisotopic (exact) mass is 1310 g/mol. The van der Waals surface area contributed by atoms with Crippen molar-refractivity contribution in [2.45, 2.75) is 119 Å². The number of aliphatic imine (C=N–C) groups is 1. The molecule has 5 aromatic rings. The van der Waals surface area contributed by atoms with Crippen LogP contribution >= 0.6 is 23.1 Å². The van der Waals surface area contributed by atoms with Gasteiger partial charge in [-0.25, -0.2) is 14.6 Å². The van der Waals surface area contributed by atoms with Crippen molar-refractivity contribution in [3.05, 3.63) is 125 Å². The number of carboxylic acid groups (broad SMARTS) is 2. The largest absolute Gasteiger partial charge is 0.508 e. The number of hydrogen-bond acceptors (Lipinski definition) is 20. The number of benzene rings is 4. The number of carbonyl (C=O) groups excluding carboxylic acids is 8. The van der Waals surface area contributed by atoms with Crippen LogP contribution in [0.3, 0.4) is 0 Å². The standard InChI is InChI=1S/C62H78N12O16S2/c1-74(2)28-12-10-18-43(66-58(86)48(33-76)73-62(89)90-34-38-15-7-4-8-16-38)53(81)67-44(25-26-51(78)79)54(82)68-46(30-37-19-22-40(77)23-20-37)55(83)69-45(29-36-13-5-3-6-14-36)56(84)70-47(32-75)57(85)65-42(17-9-11-27-63)52(80)64-39-21-24-41-50(31-39)92-60(71-41)59-72-49(35-91-59)61(87)88/h3-8,13-16,19-24,31,42-49,75-77H,9-12,17-18,25-30,32-35,63H2,1-2H3,(H,64,80)(H,65,85)(H,66,86)(H,67,81)(H,68,82)(H,69,83)(H,70,84)(H,73,89)(H,78,79)(H,87,88)/t42-,43-,44-,45-,46-,47-,48-,49+/m0/s1. The third kappa shape index (κ3) is 23.3. The average Bonchev–Trinajstić information content (AvgIpc) is 1.68. The summed E-state index contributed by atoms with van der Waals surface area (Å²) in [6, 6.07) is 15.8. The molecule has 92 heavy (non-hydrogen) atoms. The van der Waals surface area contributed by atoms with Crippen LogP contribution < -0.4 is 48.3 Å². The molecule has 0 saturated carbocycles. The molecule has 0 unspecified atom stereocenters. The smallest absolute Gasteiger partial charge is 0.408 e. The van der Waals surface area contributed by atoms with Crippen molar-refractivity contribution in [2.24, 2.45) is 10.7 Å². The normalized spacial score (nSPS) is 15.0. The summed E-state index contributed by atoms with van der Waals surface area (Å²) < 4.78 is 5.86. The average molecular weight is 1310 g/mol. The molecule has 2 heterocycles. The number of fused-ring (bicyclic) bond motifs is 1. The van der Waals surface area contributed by atoms with Crippen LogP contribution in [0.2, 0.25) is 0 Å². The van der Waals surface area contributed by atoms with Crippen molar-refractivity contribution in [2.75, 3.05) is 51.5 Å². The number of rotatable bonds is 37. The molecule has 15 N–H and O–H groups in total. The van der Waals surface area contributed by atoms with Crippen LogP contribution in [-0.4, -0.2) is 194 Å². The van der Waals surface area contributed by atoms with E-state index in [9.17, 15) is 73.5 Å². The van der Waals surface area contributed by atoms with Crippen LogP contribution in [0.1, 0.15) is 73.1 Å². The first-order valence-electron chi connectivity index (χ1n) is 29.7. The fourth-order valence-electron chi connectivity index (χ4n) is 9.35. The van der Waals surface area contributed by atoms with Crippen LogP contribution in [0.5, 0.6) is 5.75 Å². The maximum absolute atomic E-state index is 14.8. The number of unbranched alkanes of at least 4 members (excludes halogenated alkanes) is 2. The molecule has 0 spiro atoms. The Balaban J connectivity index is 1.20. The van der Waals surface area contributed by atoms with Gasteiger partial charge in [0.05, 0.1) is 23.4 Å². The van der Waals surface area contributed by atoms with Gasteiger partial charge in [0.1, 0.15) is 64.7 Å². The number of nitrogens with zero attached hydrogens (tertiary/aromatic N) is 3. The molecule has 494 valence electrons. The highest BCUT2D eigenvalue weighted by Gasteiger charge is 2.35. The number of alkyl carbamates (subject to hydrolysis) is 1. The van der Waals surface area contributed by atoms with E-state index in [1.165, 1.54) is 47.4 Å². The summed E-state index contributed by atoms with van der Waals surface area (Å²) in [5.41, 5.74) is 8.22. The van der Waals surface area contributed by atoms with Gasteiger partial charge in [0.2, 0.25) is 41.4 Å². The zero-order valence-corrected chi connectivity index (χ0v) is 52.3. The van der Waals surface area contributed by atoms with E-state index >= 15 is 0 Å². The number of thioether (sulfide) groups is 1. The lowest BCUT2D eigenvalue weighted by Crippen LogP contribution is -2.61. The molecule has 6 rings (SSSR count). The molecule has 4 aromatic carbocycles. The fraction of sp³-hybridized carbons (Fsp3) is 0.419. The zero-order chi connectivity index (χ0) is 66.7. The second kappa shape index (κ2) is 36.7. The number of thiazole rings is 1. The highest BCUT2D eigenvalue weighted by molar-refractivity contribution is 8.15. The summed E-state index contributed by atoms with van der Waals surface area (Å²) in [5, 5.41) is 71.6. The number of aliphatic hydroxyl groups excluding tert-OH is 2. The number of aliphatic carboxylic acids is 2. The first-order valence-corrected chi connectivity index (χ1v) is 31.5. The molecular formula is C62H78N12O16S2. The van der Waals surface area contributed by atoms with Crippen LogP contribution in [0.15, 0.2) is 108 Å². The van der Waals surface area contributed by atoms with E-state index in [1.807, 2.05) is 19.0 Å². The predicted molar refractivity (Wildman–Crippen MR) is 342 cm³/mol. The number of phenolic OH excluding ortho intramolecular Hbond substituents is 1. The maximum atomic E-state index is 14.8. The lowest BCUT2D eigenvalue weighted by molar-refractivity contribution is -0.139. The van der Waals surface area contributed by atoms with E-state index in [0.29, 0.717) is 74.9 Å². The summed E-state index contributed by atoms with van der Waals surface area (Å²) in [6.45, 7) is -1.18. The van der Waals surface area contributed by atoms with Crippen molar-refractivity contribution in [1.29, 1.82) is 0 Å². The van der Waals surface area contributed by atoms with Gasteiger partial charge >= 0.3 is 18.0 Å². The van der Waals surface area contributed by atoms with Gasteiger partial charge in [0.15, 0.2) is 6.04 Å². The van der Waals surface area contributed by atoms with Gasteiger partial charge in [-0.1, -0.05) is 72.8 Å². The van der Waals surface area contributed by atoms with Gasteiger partial charge < -0.3 is 83.4 Å². The molecule has 0 aliphatic carbocycles. The molecule has 30 heteroatoms. The van der Waals surface area contributed by atoms with Gasteiger partial charge in [-0.05, 0) is 119 Å². The molecule has 0 radical (unpaired) electrons. The van der Waals surface area contributed by atoms with E-state index < -0.39 is 134 Å². The summed E-state index contributed by atoms with van der Waals surface area (Å²) in [7, 11) is 3.67. The third-order valence-electron chi connectivity index (χ3n) is 14.4. The molecule has 0 fully saturated rings. The van der Waals surface area contributed by atoms with E-state index in [0.717, 1.165) is 0 Å². The third-order valence-corrected chi connectivity index (χ3v) is 16.6. The quantitative estimate of drug-likeness (QED) is 0.0249. The summed E-state index contributed by atoms with van der Waals surface area (Å²) in [6.07, 6.45) is -0.984. The van der Waals surface area contributed by atoms with Gasteiger partial charge in [-0.15, -0.1) is 23.1 Å². The maximum Gasteiger partial charge on any atom is 0.408 e. The van der Waals surface area contributed by atoms with Crippen LogP contribution in [0.25, 0.3) is 10.2 Å². The van der Waals surface area contributed by atoms with Crippen LogP contribution in [0, 0.1) is 0 Å². The second-order valence-corrected chi connectivity index (χ2v) is 23.9. The van der Waals surface area contributed by atoms with Crippen molar-refractivity contribution < 1.29 is 78.2 Å². The number of aromatic nitrogens is 1. The molecule has 8 atom stereocenters. The summed E-state index contributed by atoms with van der Waals surface area (Å²) in [4.78, 5) is 147. The Morgan fingerprint density at radius 3 is 1.64 bits per heavy atom. The number of amides is 8. The highest BCUT2D eigenvalue weighted by atomic mass is 32.2. The molecule has 0 saturated heterocycles. The topological polar surface area (TPSA) is 432 Å². The number of carbonyl (C=O) groups is 10. The number of nitrogens with two attached hydrogens (primary N) is 1. The molecule has 0 bridgehead atoms. The lowest BCUT2D eigenvalue weighted by atomic mass is 10.0. The van der Waals surface area contributed by atoms with Gasteiger partial charge in [0, 0.05) is 30.7 Å². The van der Waals surface area contributed by atoms with Crippen LogP contribution in [0.4, 0.5) is 10.5 Å². The number of carboxylic acids is 2. The van der Waals surface area contributed by atoms with Gasteiger partial charge in [-0.3, -0.25) is 43.3 Å². The molecule has 1 aliphatic heterocycles. The summed E-state index contributed by atoms with van der Waals surface area (Å²) >= 11 is 2.52. The highest BCUT2D eigenvalue weighted by Crippen LogP contribution is 2.31. The minimum absolute atomic E-state index is 0.0272. The van der Waals surface area contributed by atoms with Crippen molar-refractivity contribution in [3.8, 4) is 5.75 Å². The first-order chi connectivity index (χ1) is 44.1. The van der Waals surface area contributed by atoms with E-state index in [2.05, 4.69) is 52.5 Å². The minimum atomic E-state index is -1.70. The Morgan fingerprint density at radius 1 is 0.598 bits per heavy atom. The SMILES string of the molecule is CN(C)CCCC[C@H](NC(=O)[C@H](CO)NC(=O)OCc1ccccc1)C(=O)N[C@@H](CCC(=O)O)C(=O)N[C@@H](Cc1ccc(O)cc1)C(=O)N[C@@H](Cc1ccccc1)C(=O)N[C@@H](CO)C(=O)N[C@@H](CCCCN)C(=O)Nc1ccc2nc(C3=N[C@@H](C(=O)O)CS3)sc2c1. The number of ether oxygens (including phenoxy) is 1. The second-order valence-electron chi connectivity index (χ2n) is 21.9. The Morgan fingerprint density at radius 2 is 1.10 bits per heavy atom. The Bertz CT molecular complexity index is 3360. The first kappa shape index (κ1) is 72.0. The van der Waals surface area contributed by atoms with E-state index in [1.54, 1.807) is 78.9 Å². The molecular weight excluding hydrogens is 1230 g/mol. The Hall–Kier alpha value is -9.07. The number of anilines is 1. The van der Waals surface area contributed by atoms with Crippen molar-refractivity contribution >= 4 is 103 Å². The van der Waals surface area contributed by atoms with Crippen molar-refractivity contribution in [1.82, 2.24) is 47.1 Å². The zero-order valence-electron chi connectivity index (χ0n) is 50.7.